The molecular formula is C17H22N4O2S. The number of aryl methyl sites for hydroxylation is 1. The maximum Gasteiger partial charge on any atom is 0.269 e. The molecular weight excluding hydrogens is 324 g/mol. The van der Waals surface area contributed by atoms with E-state index in [9.17, 15) is 9.00 Å². The largest absolute Gasteiger partial charge is 0.347 e. The van der Waals surface area contributed by atoms with Crippen molar-refractivity contribution in [3.63, 3.8) is 0 Å². The van der Waals surface area contributed by atoms with Crippen molar-refractivity contribution in [1.29, 1.82) is 0 Å². The van der Waals surface area contributed by atoms with Crippen LogP contribution in [0.2, 0.25) is 0 Å². The zero-order valence-electron chi connectivity index (χ0n) is 14.1. The van der Waals surface area contributed by atoms with Gasteiger partial charge in [0.05, 0.1) is 5.69 Å². The zero-order chi connectivity index (χ0) is 17.3. The third-order valence-corrected chi connectivity index (χ3v) is 4.77. The molecule has 0 spiro atoms. The molecule has 1 amide bonds. The van der Waals surface area contributed by atoms with Gasteiger partial charge in [-0.15, -0.1) is 0 Å². The van der Waals surface area contributed by atoms with E-state index in [0.29, 0.717) is 18.2 Å². The molecule has 1 heterocycles. The Bertz CT molecular complexity index is 796. The lowest BCUT2D eigenvalue weighted by molar-refractivity contribution is 0.0941. The normalized spacial score (nSPS) is 15.1. The van der Waals surface area contributed by atoms with E-state index in [-0.39, 0.29) is 5.91 Å². The van der Waals surface area contributed by atoms with Crippen molar-refractivity contribution >= 4 is 22.6 Å². The molecule has 24 heavy (non-hydrogen) atoms. The van der Waals surface area contributed by atoms with Crippen LogP contribution in [0.5, 0.6) is 0 Å². The molecule has 1 aromatic carbocycles. The number of carbonyl (C=O) groups excluding carboxylic acids is 1. The highest BCUT2D eigenvalue weighted by Gasteiger charge is 2.28. The van der Waals surface area contributed by atoms with Gasteiger partial charge in [0.2, 0.25) is 0 Å². The highest BCUT2D eigenvalue weighted by atomic mass is 32.2. The molecule has 1 aliphatic carbocycles. The Morgan fingerprint density at radius 2 is 2.17 bits per heavy atom. The minimum absolute atomic E-state index is 0.131. The number of benzene rings is 1. The quantitative estimate of drug-likeness (QED) is 0.842. The summed E-state index contributed by atoms with van der Waals surface area (Å²) in [6.07, 6.45) is 3.92. The molecule has 7 heteroatoms. The summed E-state index contributed by atoms with van der Waals surface area (Å²) in [4.78, 5) is 12.4. The van der Waals surface area contributed by atoms with E-state index in [1.165, 1.54) is 0 Å². The molecule has 128 valence electrons. The molecule has 1 aromatic heterocycles. The van der Waals surface area contributed by atoms with E-state index >= 15 is 0 Å². The summed E-state index contributed by atoms with van der Waals surface area (Å²) in [5.41, 5.74) is 4.38. The number of hydrogen-bond acceptors (Lipinski definition) is 3. The van der Waals surface area contributed by atoms with Gasteiger partial charge in [-0.25, -0.2) is 4.21 Å². The Morgan fingerprint density at radius 3 is 2.83 bits per heavy atom. The molecule has 1 fully saturated rings. The zero-order valence-corrected chi connectivity index (χ0v) is 14.9. The van der Waals surface area contributed by atoms with Crippen molar-refractivity contribution in [3.05, 3.63) is 46.8 Å². The summed E-state index contributed by atoms with van der Waals surface area (Å²) in [5, 5.41) is 7.37. The lowest BCUT2D eigenvalue weighted by atomic mass is 10.1. The number of amides is 1. The molecule has 1 atom stereocenters. The first-order valence-corrected chi connectivity index (χ1v) is 9.52. The summed E-state index contributed by atoms with van der Waals surface area (Å²) in [6.45, 7) is 2.37. The third kappa shape index (κ3) is 3.67. The minimum Gasteiger partial charge on any atom is -0.347 e. The summed E-state index contributed by atoms with van der Waals surface area (Å²) in [7, 11) is 0.673. The monoisotopic (exact) mass is 346 g/mol. The second kappa shape index (κ2) is 6.76. The van der Waals surface area contributed by atoms with Gasteiger partial charge in [0.15, 0.2) is 0 Å². The van der Waals surface area contributed by atoms with Gasteiger partial charge in [-0.05, 0) is 43.0 Å². The fourth-order valence-corrected chi connectivity index (χ4v) is 3.22. The molecule has 1 aliphatic rings. The van der Waals surface area contributed by atoms with Gasteiger partial charge in [0.25, 0.3) is 5.91 Å². The van der Waals surface area contributed by atoms with Gasteiger partial charge in [-0.2, -0.15) is 5.10 Å². The average molecular weight is 346 g/mol. The third-order valence-electron chi connectivity index (χ3n) is 4.27. The number of nitrogens with zero attached hydrogens (tertiary/aromatic N) is 2. The van der Waals surface area contributed by atoms with E-state index in [2.05, 4.69) is 15.1 Å². The number of hydrogen-bond donors (Lipinski definition) is 2. The van der Waals surface area contributed by atoms with Gasteiger partial charge in [0, 0.05) is 31.5 Å². The van der Waals surface area contributed by atoms with Crippen molar-refractivity contribution in [3.8, 4) is 0 Å². The first-order chi connectivity index (χ1) is 11.5. The molecule has 0 aliphatic heterocycles. The number of rotatable bonds is 6. The Labute approximate surface area is 144 Å². The molecule has 1 saturated carbocycles. The fraction of sp³-hybridized carbons (Fsp3) is 0.412. The molecule has 0 bridgehead atoms. The molecule has 1 unspecified atom stereocenters. The maximum atomic E-state index is 12.4. The summed E-state index contributed by atoms with van der Waals surface area (Å²) in [5.74, 6) is 0.395. The lowest BCUT2D eigenvalue weighted by Gasteiger charge is -2.12. The van der Waals surface area contributed by atoms with Gasteiger partial charge in [-0.1, -0.05) is 12.1 Å². The van der Waals surface area contributed by atoms with Crippen molar-refractivity contribution in [1.82, 2.24) is 15.1 Å². The number of anilines is 1. The van der Waals surface area contributed by atoms with Crippen LogP contribution >= 0.6 is 0 Å². The van der Waals surface area contributed by atoms with Crippen LogP contribution < -0.4 is 10.0 Å². The Hall–Kier alpha value is -2.15. The molecule has 6 nitrogen and oxygen atoms in total. The van der Waals surface area contributed by atoms with Gasteiger partial charge < -0.3 is 10.0 Å². The fourth-order valence-electron chi connectivity index (χ4n) is 2.69. The van der Waals surface area contributed by atoms with Gasteiger partial charge >= 0.3 is 0 Å². The first kappa shape index (κ1) is 16.7. The molecule has 2 aromatic rings. The summed E-state index contributed by atoms with van der Waals surface area (Å²) < 4.78 is 15.9. The van der Waals surface area contributed by atoms with Crippen LogP contribution in [-0.4, -0.2) is 26.2 Å². The van der Waals surface area contributed by atoms with Crippen LogP contribution in [-0.2, 0) is 24.6 Å². The number of aromatic nitrogens is 2. The van der Waals surface area contributed by atoms with Crippen LogP contribution in [0, 0.1) is 6.92 Å². The lowest BCUT2D eigenvalue weighted by Crippen LogP contribution is -2.25. The Kier molecular flexibility index (Phi) is 4.71. The summed E-state index contributed by atoms with van der Waals surface area (Å²) in [6, 6.07) is 7.61. The predicted molar refractivity (Wildman–Crippen MR) is 95.2 cm³/mol. The van der Waals surface area contributed by atoms with Crippen LogP contribution in [0.1, 0.15) is 46.1 Å². The Morgan fingerprint density at radius 1 is 1.42 bits per heavy atom. The standard InChI is InChI=1S/C17H22N4O2S/c1-11-13(5-4-6-14(11)20-24(3)23)10-18-17(22)16-9-15(12-7-8-12)19-21(16)2/h4-6,9,12,20H,7-8,10H2,1-3H3,(H,18,22). The highest BCUT2D eigenvalue weighted by Crippen LogP contribution is 2.39. The van der Waals surface area contributed by atoms with Gasteiger partial charge in [-0.3, -0.25) is 9.48 Å². The van der Waals surface area contributed by atoms with E-state index in [0.717, 1.165) is 35.3 Å². The number of nitrogens with one attached hydrogen (secondary N) is 2. The van der Waals surface area contributed by atoms with E-state index < -0.39 is 11.0 Å². The van der Waals surface area contributed by atoms with Crippen LogP contribution in [0.4, 0.5) is 5.69 Å². The predicted octanol–water partition coefficient (Wildman–Crippen LogP) is 2.24. The maximum absolute atomic E-state index is 12.4. The average Bonchev–Trinajstić information content (AvgIpc) is 3.30. The molecule has 3 rings (SSSR count). The van der Waals surface area contributed by atoms with Crippen molar-refractivity contribution < 1.29 is 9.00 Å². The first-order valence-electron chi connectivity index (χ1n) is 7.96. The minimum atomic E-state index is -1.13. The summed E-state index contributed by atoms with van der Waals surface area (Å²) >= 11 is 0. The SMILES string of the molecule is Cc1c(CNC(=O)c2cc(C3CC3)nn2C)cccc1NS(C)=O. The van der Waals surface area contributed by atoms with Crippen molar-refractivity contribution in [2.24, 2.45) is 7.05 Å². The molecule has 0 saturated heterocycles. The van der Waals surface area contributed by atoms with E-state index in [1.54, 1.807) is 18.0 Å². The topological polar surface area (TPSA) is 76.0 Å². The molecule has 2 N–H and O–H groups in total. The van der Waals surface area contributed by atoms with E-state index in [4.69, 9.17) is 0 Å². The molecule has 0 radical (unpaired) electrons. The van der Waals surface area contributed by atoms with E-state index in [1.807, 2.05) is 31.2 Å². The second-order valence-corrected chi connectivity index (χ2v) is 7.29. The smallest absolute Gasteiger partial charge is 0.269 e. The van der Waals surface area contributed by atoms with Gasteiger partial charge in [0.1, 0.15) is 16.7 Å². The van der Waals surface area contributed by atoms with Crippen LogP contribution in [0.3, 0.4) is 0 Å². The second-order valence-electron chi connectivity index (χ2n) is 6.18. The highest BCUT2D eigenvalue weighted by molar-refractivity contribution is 7.85. The van der Waals surface area contributed by atoms with Crippen molar-refractivity contribution in [2.75, 3.05) is 11.0 Å². The van der Waals surface area contributed by atoms with Crippen LogP contribution in [0.25, 0.3) is 0 Å². The number of carbonyl (C=O) groups is 1. The Balaban J connectivity index is 1.69. The van der Waals surface area contributed by atoms with Crippen molar-refractivity contribution in [2.45, 2.75) is 32.2 Å². The van der Waals surface area contributed by atoms with Crippen LogP contribution in [0.15, 0.2) is 24.3 Å².